The lowest BCUT2D eigenvalue weighted by Crippen LogP contribution is -2.13. The Balaban J connectivity index is 2.71. The molecule has 0 aromatic carbocycles. The van der Waals surface area contributed by atoms with Gasteiger partial charge in [0, 0.05) is 12.6 Å². The first-order valence-corrected chi connectivity index (χ1v) is 4.68. The molecule has 0 atom stereocenters. The van der Waals surface area contributed by atoms with E-state index < -0.39 is 0 Å². The van der Waals surface area contributed by atoms with Crippen molar-refractivity contribution >= 4 is 11.6 Å². The SMILES string of the molecule is Cc1nc(NN)cc(NCC(C)C)n1. The molecule has 0 spiro atoms. The number of nitrogens with one attached hydrogen (secondary N) is 2. The van der Waals surface area contributed by atoms with Crippen LogP contribution in [0.25, 0.3) is 0 Å². The number of hydrogen-bond acceptors (Lipinski definition) is 5. The fraction of sp³-hybridized carbons (Fsp3) is 0.556. The number of anilines is 2. The maximum atomic E-state index is 5.28. The Bertz CT molecular complexity index is 297. The van der Waals surface area contributed by atoms with Crippen LogP contribution in [0, 0.1) is 12.8 Å². The molecule has 1 aromatic rings. The number of nitrogens with zero attached hydrogens (tertiary/aromatic N) is 2. The lowest BCUT2D eigenvalue weighted by Gasteiger charge is -2.09. The zero-order chi connectivity index (χ0) is 10.6. The number of hydrazine groups is 1. The molecule has 0 saturated carbocycles. The van der Waals surface area contributed by atoms with E-state index >= 15 is 0 Å². The first-order chi connectivity index (χ1) is 6.61. The summed E-state index contributed by atoms with van der Waals surface area (Å²) in [6.45, 7) is 7.01. The Hall–Kier alpha value is -1.36. The zero-order valence-electron chi connectivity index (χ0n) is 8.83. The highest BCUT2D eigenvalue weighted by Crippen LogP contribution is 2.10. The zero-order valence-corrected chi connectivity index (χ0v) is 8.83. The van der Waals surface area contributed by atoms with Crippen molar-refractivity contribution in [1.82, 2.24) is 9.97 Å². The van der Waals surface area contributed by atoms with Crippen LogP contribution >= 0.6 is 0 Å². The van der Waals surface area contributed by atoms with E-state index in [1.807, 2.05) is 6.92 Å². The number of hydrogen-bond donors (Lipinski definition) is 3. The van der Waals surface area contributed by atoms with E-state index in [4.69, 9.17) is 5.84 Å². The maximum absolute atomic E-state index is 5.28. The summed E-state index contributed by atoms with van der Waals surface area (Å²) >= 11 is 0. The van der Waals surface area contributed by atoms with E-state index in [2.05, 4.69) is 34.6 Å². The molecule has 0 saturated heterocycles. The number of nitrogen functional groups attached to an aromatic ring is 1. The molecule has 0 fully saturated rings. The molecule has 0 unspecified atom stereocenters. The second kappa shape index (κ2) is 4.76. The van der Waals surface area contributed by atoms with Crippen molar-refractivity contribution in [3.8, 4) is 0 Å². The average Bonchev–Trinajstić information content (AvgIpc) is 2.14. The third kappa shape index (κ3) is 3.18. The van der Waals surface area contributed by atoms with Gasteiger partial charge in [-0.15, -0.1) is 0 Å². The Morgan fingerprint density at radius 1 is 1.36 bits per heavy atom. The summed E-state index contributed by atoms with van der Waals surface area (Å²) in [6.07, 6.45) is 0. The molecule has 1 aromatic heterocycles. The first kappa shape index (κ1) is 10.7. The van der Waals surface area contributed by atoms with Crippen LogP contribution in [-0.4, -0.2) is 16.5 Å². The van der Waals surface area contributed by atoms with E-state index in [0.29, 0.717) is 17.6 Å². The summed E-state index contributed by atoms with van der Waals surface area (Å²) < 4.78 is 0. The second-order valence-electron chi connectivity index (χ2n) is 3.60. The predicted octanol–water partition coefficient (Wildman–Crippen LogP) is 1.14. The van der Waals surface area contributed by atoms with Crippen molar-refractivity contribution in [1.29, 1.82) is 0 Å². The minimum atomic E-state index is 0.583. The van der Waals surface area contributed by atoms with Crippen molar-refractivity contribution in [2.45, 2.75) is 20.8 Å². The molecular weight excluding hydrogens is 178 g/mol. The van der Waals surface area contributed by atoms with Crippen LogP contribution in [0.4, 0.5) is 11.6 Å². The monoisotopic (exact) mass is 195 g/mol. The number of nitrogens with two attached hydrogens (primary N) is 1. The number of aromatic nitrogens is 2. The van der Waals surface area contributed by atoms with E-state index in [1.54, 1.807) is 6.07 Å². The molecule has 1 heterocycles. The highest BCUT2D eigenvalue weighted by molar-refractivity contribution is 5.46. The van der Waals surface area contributed by atoms with Crippen molar-refractivity contribution in [3.63, 3.8) is 0 Å². The molecule has 0 amide bonds. The highest BCUT2D eigenvalue weighted by atomic mass is 15.3. The van der Waals surface area contributed by atoms with Gasteiger partial charge < -0.3 is 10.7 Å². The molecule has 5 heteroatoms. The van der Waals surface area contributed by atoms with Gasteiger partial charge in [0.25, 0.3) is 0 Å². The number of aryl methyl sites for hydroxylation is 1. The minimum Gasteiger partial charge on any atom is -0.370 e. The van der Waals surface area contributed by atoms with Crippen LogP contribution in [0.3, 0.4) is 0 Å². The Labute approximate surface area is 84.1 Å². The molecule has 5 nitrogen and oxygen atoms in total. The lowest BCUT2D eigenvalue weighted by atomic mass is 10.2. The van der Waals surface area contributed by atoms with Gasteiger partial charge in [0.05, 0.1) is 0 Å². The number of rotatable bonds is 4. The van der Waals surface area contributed by atoms with Gasteiger partial charge in [-0.25, -0.2) is 15.8 Å². The van der Waals surface area contributed by atoms with Gasteiger partial charge in [-0.1, -0.05) is 13.8 Å². The van der Waals surface area contributed by atoms with Crippen molar-refractivity contribution in [2.24, 2.45) is 11.8 Å². The van der Waals surface area contributed by atoms with Crippen molar-refractivity contribution < 1.29 is 0 Å². The first-order valence-electron chi connectivity index (χ1n) is 4.68. The summed E-state index contributed by atoms with van der Waals surface area (Å²) in [4.78, 5) is 8.33. The normalized spacial score (nSPS) is 10.4. The smallest absolute Gasteiger partial charge is 0.145 e. The Morgan fingerprint density at radius 3 is 2.57 bits per heavy atom. The predicted molar refractivity (Wildman–Crippen MR) is 57.9 cm³/mol. The van der Waals surface area contributed by atoms with Crippen LogP contribution in [0.1, 0.15) is 19.7 Å². The quantitative estimate of drug-likeness (QED) is 0.496. The van der Waals surface area contributed by atoms with Crippen LogP contribution in [0.2, 0.25) is 0 Å². The van der Waals surface area contributed by atoms with Gasteiger partial charge in [0.1, 0.15) is 17.5 Å². The van der Waals surface area contributed by atoms with Crippen LogP contribution < -0.4 is 16.6 Å². The summed E-state index contributed by atoms with van der Waals surface area (Å²) in [7, 11) is 0. The fourth-order valence-electron chi connectivity index (χ4n) is 1.04. The van der Waals surface area contributed by atoms with Crippen LogP contribution in [-0.2, 0) is 0 Å². The Kier molecular flexibility index (Phi) is 3.64. The van der Waals surface area contributed by atoms with Gasteiger partial charge in [0.15, 0.2) is 0 Å². The van der Waals surface area contributed by atoms with E-state index in [9.17, 15) is 0 Å². The highest BCUT2D eigenvalue weighted by Gasteiger charge is 2.00. The molecular formula is C9H17N5. The molecule has 0 aliphatic heterocycles. The lowest BCUT2D eigenvalue weighted by molar-refractivity contribution is 0.686. The standard InChI is InChI=1S/C9H17N5/c1-6(2)5-11-8-4-9(14-10)13-7(3)12-8/h4,6H,5,10H2,1-3H3,(H2,11,12,13,14). The fourth-order valence-corrected chi connectivity index (χ4v) is 1.04. The van der Waals surface area contributed by atoms with Crippen LogP contribution in [0.15, 0.2) is 6.07 Å². The third-order valence-electron chi connectivity index (χ3n) is 1.68. The average molecular weight is 195 g/mol. The molecule has 4 N–H and O–H groups in total. The summed E-state index contributed by atoms with van der Waals surface area (Å²) in [5, 5.41) is 3.21. The van der Waals surface area contributed by atoms with Crippen molar-refractivity contribution in [3.05, 3.63) is 11.9 Å². The maximum Gasteiger partial charge on any atom is 0.145 e. The van der Waals surface area contributed by atoms with Gasteiger partial charge in [-0.05, 0) is 12.8 Å². The minimum absolute atomic E-state index is 0.583. The van der Waals surface area contributed by atoms with Gasteiger partial charge in [0.2, 0.25) is 0 Å². The van der Waals surface area contributed by atoms with E-state index in [1.165, 1.54) is 0 Å². The third-order valence-corrected chi connectivity index (χ3v) is 1.68. The topological polar surface area (TPSA) is 75.9 Å². The molecule has 0 aliphatic rings. The molecule has 0 radical (unpaired) electrons. The van der Waals surface area contributed by atoms with Gasteiger partial charge >= 0.3 is 0 Å². The van der Waals surface area contributed by atoms with E-state index in [0.717, 1.165) is 12.4 Å². The van der Waals surface area contributed by atoms with Gasteiger partial charge in [-0.3, -0.25) is 0 Å². The second-order valence-corrected chi connectivity index (χ2v) is 3.60. The summed E-state index contributed by atoms with van der Waals surface area (Å²) in [6, 6.07) is 1.79. The Morgan fingerprint density at radius 2 is 2.00 bits per heavy atom. The molecule has 78 valence electrons. The summed E-state index contributed by atoms with van der Waals surface area (Å²) in [5.74, 6) is 7.99. The molecule has 14 heavy (non-hydrogen) atoms. The molecule has 0 aliphatic carbocycles. The molecule has 1 rings (SSSR count). The largest absolute Gasteiger partial charge is 0.370 e. The van der Waals surface area contributed by atoms with Gasteiger partial charge in [-0.2, -0.15) is 0 Å². The van der Waals surface area contributed by atoms with Crippen LogP contribution in [0.5, 0.6) is 0 Å². The van der Waals surface area contributed by atoms with E-state index in [-0.39, 0.29) is 0 Å². The summed E-state index contributed by atoms with van der Waals surface area (Å²) in [5.41, 5.74) is 2.50. The van der Waals surface area contributed by atoms with Crippen molar-refractivity contribution in [2.75, 3.05) is 17.3 Å². The molecule has 0 bridgehead atoms.